The number of aromatic hydroxyl groups is 7. The molecule has 0 aliphatic carbocycles. The van der Waals surface area contributed by atoms with Crippen molar-refractivity contribution in [2.24, 2.45) is 0 Å². The molecule has 0 radical (unpaired) electrons. The Labute approximate surface area is 117 Å². The van der Waals surface area contributed by atoms with E-state index in [0.717, 1.165) is 12.1 Å². The molecule has 7 N–H and O–H groups in total. The number of benzene rings is 2. The fourth-order valence-corrected chi connectivity index (χ4v) is 1.73. The molecule has 0 unspecified atom stereocenters. The fourth-order valence-electron chi connectivity index (χ4n) is 1.73. The van der Waals surface area contributed by atoms with Crippen molar-refractivity contribution in [1.29, 1.82) is 0 Å². The van der Waals surface area contributed by atoms with Crippen LogP contribution in [0.5, 0.6) is 40.2 Å². The highest BCUT2D eigenvalue weighted by atomic mass is 16.3. The monoisotopic (exact) mass is 294 g/mol. The average Bonchev–Trinajstić information content (AvgIpc) is 2.43. The average molecular weight is 294 g/mol. The van der Waals surface area contributed by atoms with E-state index in [1.54, 1.807) is 0 Å². The maximum atomic E-state index is 12.2. The van der Waals surface area contributed by atoms with Crippen molar-refractivity contribution < 1.29 is 40.5 Å². The summed E-state index contributed by atoms with van der Waals surface area (Å²) < 4.78 is 0. The Morgan fingerprint density at radius 1 is 0.619 bits per heavy atom. The third kappa shape index (κ3) is 2.18. The summed E-state index contributed by atoms with van der Waals surface area (Å²) in [4.78, 5) is 12.2. The predicted octanol–water partition coefficient (Wildman–Crippen LogP) is 0.857. The largest absolute Gasteiger partial charge is 0.508 e. The van der Waals surface area contributed by atoms with Crippen LogP contribution >= 0.6 is 0 Å². The molecule has 0 spiro atoms. The zero-order valence-corrected chi connectivity index (χ0v) is 10.3. The van der Waals surface area contributed by atoms with Gasteiger partial charge in [-0.25, -0.2) is 0 Å². The Balaban J connectivity index is 2.67. The summed E-state index contributed by atoms with van der Waals surface area (Å²) in [5, 5.41) is 65.8. The molecule has 0 aliphatic heterocycles. The van der Waals surface area contributed by atoms with E-state index >= 15 is 0 Å². The first-order valence-corrected chi connectivity index (χ1v) is 5.50. The highest BCUT2D eigenvalue weighted by Crippen LogP contribution is 2.45. The zero-order valence-electron chi connectivity index (χ0n) is 10.3. The first-order valence-electron chi connectivity index (χ1n) is 5.50. The third-order valence-electron chi connectivity index (χ3n) is 2.79. The van der Waals surface area contributed by atoms with Crippen molar-refractivity contribution in [1.82, 2.24) is 0 Å². The maximum Gasteiger partial charge on any atom is 0.205 e. The molecule has 0 atom stereocenters. The Kier molecular flexibility index (Phi) is 3.14. The van der Waals surface area contributed by atoms with Gasteiger partial charge in [-0.2, -0.15) is 0 Å². The molecule has 8 nitrogen and oxygen atoms in total. The topological polar surface area (TPSA) is 159 Å². The van der Waals surface area contributed by atoms with Crippen molar-refractivity contribution in [3.63, 3.8) is 0 Å². The van der Waals surface area contributed by atoms with Gasteiger partial charge in [0.15, 0.2) is 23.0 Å². The first kappa shape index (κ1) is 14.1. The van der Waals surface area contributed by atoms with Crippen molar-refractivity contribution in [2.75, 3.05) is 0 Å². The van der Waals surface area contributed by atoms with Crippen LogP contribution in [0.1, 0.15) is 15.9 Å². The highest BCUT2D eigenvalue weighted by molar-refractivity contribution is 6.13. The number of phenolic OH excluding ortho intramolecular Hbond substituents is 7. The van der Waals surface area contributed by atoms with E-state index in [1.807, 2.05) is 0 Å². The zero-order chi connectivity index (χ0) is 15.9. The summed E-state index contributed by atoms with van der Waals surface area (Å²) >= 11 is 0. The minimum atomic E-state index is -1.12. The summed E-state index contributed by atoms with van der Waals surface area (Å²) in [5.74, 6) is -7.32. The molecule has 0 amide bonds. The van der Waals surface area contributed by atoms with Crippen LogP contribution in [-0.4, -0.2) is 41.5 Å². The third-order valence-corrected chi connectivity index (χ3v) is 2.79. The van der Waals surface area contributed by atoms with Crippen LogP contribution in [0.2, 0.25) is 0 Å². The van der Waals surface area contributed by atoms with Crippen LogP contribution in [0.3, 0.4) is 0 Å². The molecule has 0 bridgehead atoms. The second-order valence-electron chi connectivity index (χ2n) is 4.18. The van der Waals surface area contributed by atoms with E-state index in [1.165, 1.54) is 0 Å². The van der Waals surface area contributed by atoms with Gasteiger partial charge >= 0.3 is 0 Å². The summed E-state index contributed by atoms with van der Waals surface area (Å²) in [6.45, 7) is 0. The van der Waals surface area contributed by atoms with Gasteiger partial charge in [0.2, 0.25) is 17.3 Å². The molecular weight excluding hydrogens is 284 g/mol. The number of phenols is 7. The molecule has 2 rings (SSSR count). The van der Waals surface area contributed by atoms with Crippen LogP contribution in [0.25, 0.3) is 0 Å². The lowest BCUT2D eigenvalue weighted by Gasteiger charge is -2.10. The van der Waals surface area contributed by atoms with Crippen LogP contribution in [-0.2, 0) is 0 Å². The van der Waals surface area contributed by atoms with Gasteiger partial charge in [0.05, 0.1) is 11.1 Å². The number of hydrogen-bond acceptors (Lipinski definition) is 8. The van der Waals surface area contributed by atoms with E-state index in [9.17, 15) is 40.5 Å². The molecule has 8 heteroatoms. The molecular formula is C13H10O8. The Hall–Kier alpha value is -3.29. The van der Waals surface area contributed by atoms with Gasteiger partial charge in [-0.3, -0.25) is 4.79 Å². The first-order chi connectivity index (χ1) is 9.73. The summed E-state index contributed by atoms with van der Waals surface area (Å²) in [7, 11) is 0. The van der Waals surface area contributed by atoms with Gasteiger partial charge in [0.25, 0.3) is 0 Å². The normalized spacial score (nSPS) is 10.5. The van der Waals surface area contributed by atoms with Gasteiger partial charge in [-0.05, 0) is 12.1 Å². The second kappa shape index (κ2) is 4.67. The molecule has 2 aromatic carbocycles. The number of carbonyl (C=O) groups is 1. The Morgan fingerprint density at radius 3 is 1.76 bits per heavy atom. The van der Waals surface area contributed by atoms with Gasteiger partial charge in [-0.1, -0.05) is 0 Å². The SMILES string of the molecule is O=C(c1cc(O)cc(O)c1O)c1cc(O)c(O)c(O)c1O. The van der Waals surface area contributed by atoms with Crippen LogP contribution < -0.4 is 0 Å². The standard InChI is InChI=1S/C13H10O8/c14-4-1-5(10(18)7(15)2-4)9(17)6-3-8(16)12(20)13(21)11(6)19/h1-3,14-16,18-21H. The van der Waals surface area contributed by atoms with Gasteiger partial charge < -0.3 is 35.7 Å². The minimum absolute atomic E-state index is 0.527. The van der Waals surface area contributed by atoms with Crippen molar-refractivity contribution >= 4 is 5.78 Å². The molecule has 2 aromatic rings. The molecule has 110 valence electrons. The highest BCUT2D eigenvalue weighted by Gasteiger charge is 2.25. The molecule has 0 aliphatic rings. The van der Waals surface area contributed by atoms with E-state index in [-0.39, 0.29) is 0 Å². The molecule has 0 saturated carbocycles. The van der Waals surface area contributed by atoms with E-state index in [2.05, 4.69) is 0 Å². The minimum Gasteiger partial charge on any atom is -0.508 e. The molecule has 0 heterocycles. The maximum absolute atomic E-state index is 12.2. The summed E-state index contributed by atoms with van der Waals surface area (Å²) in [5.41, 5.74) is -1.23. The van der Waals surface area contributed by atoms with Crippen molar-refractivity contribution in [2.45, 2.75) is 0 Å². The lowest BCUT2D eigenvalue weighted by molar-refractivity contribution is 0.103. The van der Waals surface area contributed by atoms with Crippen molar-refractivity contribution in [3.05, 3.63) is 29.3 Å². The number of carbonyl (C=O) groups excluding carboxylic acids is 1. The Morgan fingerprint density at radius 2 is 1.14 bits per heavy atom. The van der Waals surface area contributed by atoms with Gasteiger partial charge in [0, 0.05) is 6.07 Å². The smallest absolute Gasteiger partial charge is 0.205 e. The van der Waals surface area contributed by atoms with Crippen molar-refractivity contribution in [3.8, 4) is 40.2 Å². The number of ketones is 1. The molecule has 0 aromatic heterocycles. The van der Waals surface area contributed by atoms with Gasteiger partial charge in [-0.15, -0.1) is 0 Å². The van der Waals surface area contributed by atoms with E-state index in [0.29, 0.717) is 6.07 Å². The van der Waals surface area contributed by atoms with Crippen LogP contribution in [0.15, 0.2) is 18.2 Å². The summed E-state index contributed by atoms with van der Waals surface area (Å²) in [6, 6.07) is 2.27. The summed E-state index contributed by atoms with van der Waals surface area (Å²) in [6.07, 6.45) is 0. The number of hydrogen-bond donors (Lipinski definition) is 7. The number of rotatable bonds is 2. The van der Waals surface area contributed by atoms with Crippen LogP contribution in [0.4, 0.5) is 0 Å². The Bertz CT molecular complexity index is 751. The molecule has 0 fully saturated rings. The fraction of sp³-hybridized carbons (Fsp3) is 0. The lowest BCUT2D eigenvalue weighted by atomic mass is 9.99. The second-order valence-corrected chi connectivity index (χ2v) is 4.18. The van der Waals surface area contributed by atoms with E-state index in [4.69, 9.17) is 0 Å². The predicted molar refractivity (Wildman–Crippen MR) is 68.0 cm³/mol. The molecule has 21 heavy (non-hydrogen) atoms. The molecule has 0 saturated heterocycles. The van der Waals surface area contributed by atoms with Crippen LogP contribution in [0, 0.1) is 0 Å². The quantitative estimate of drug-likeness (QED) is 0.244. The van der Waals surface area contributed by atoms with Gasteiger partial charge in [0.1, 0.15) is 5.75 Å². The lowest BCUT2D eigenvalue weighted by Crippen LogP contribution is -2.02. The van der Waals surface area contributed by atoms with E-state index < -0.39 is 57.2 Å².